The zero-order chi connectivity index (χ0) is 20.2. The topological polar surface area (TPSA) is 53.5 Å². The Labute approximate surface area is 172 Å². The smallest absolute Gasteiger partial charge is 0.135 e. The third kappa shape index (κ3) is 4.59. The summed E-state index contributed by atoms with van der Waals surface area (Å²) in [4.78, 5) is 13.6. The van der Waals surface area contributed by atoms with E-state index in [0.29, 0.717) is 0 Å². The van der Waals surface area contributed by atoms with Crippen LogP contribution in [0.5, 0.6) is 5.75 Å². The predicted octanol–water partition coefficient (Wildman–Crippen LogP) is 4.17. The Morgan fingerprint density at radius 1 is 0.828 bits per heavy atom. The van der Waals surface area contributed by atoms with Gasteiger partial charge in [0.15, 0.2) is 0 Å². The maximum atomic E-state index is 5.25. The minimum atomic E-state index is 0.817. The van der Waals surface area contributed by atoms with E-state index in [1.807, 2.05) is 18.2 Å². The number of nitrogens with zero attached hydrogens (tertiary/aromatic N) is 4. The normalized spacial score (nSPS) is 14.0. The van der Waals surface area contributed by atoms with Gasteiger partial charge >= 0.3 is 0 Å². The van der Waals surface area contributed by atoms with E-state index < -0.39 is 0 Å². The van der Waals surface area contributed by atoms with Crippen LogP contribution in [-0.4, -0.2) is 43.3 Å². The van der Waals surface area contributed by atoms with Crippen LogP contribution in [0.2, 0.25) is 0 Å². The Kier molecular flexibility index (Phi) is 5.51. The standard InChI is InChI=1S/C23H27N5O/c1-17-12-18(2)14-19(13-17)26-22-15-23(25-16-24-22)28-10-8-27(9-11-28)20-4-6-21(29-3)7-5-20/h4-7,12-16H,8-11H2,1-3H3,(H,24,25,26). The van der Waals surface area contributed by atoms with Gasteiger partial charge in [-0.2, -0.15) is 0 Å². The highest BCUT2D eigenvalue weighted by Crippen LogP contribution is 2.24. The fourth-order valence-electron chi connectivity index (χ4n) is 3.77. The molecular formula is C23H27N5O. The van der Waals surface area contributed by atoms with Crippen molar-refractivity contribution in [2.75, 3.05) is 48.4 Å². The van der Waals surface area contributed by atoms with Crippen molar-refractivity contribution >= 4 is 23.0 Å². The lowest BCUT2D eigenvalue weighted by atomic mass is 10.1. The molecule has 4 rings (SSSR count). The first kappa shape index (κ1) is 19.1. The molecule has 0 unspecified atom stereocenters. The molecule has 1 fully saturated rings. The molecule has 2 heterocycles. The number of rotatable bonds is 5. The molecule has 1 aliphatic rings. The fourth-order valence-corrected chi connectivity index (χ4v) is 3.77. The molecule has 0 atom stereocenters. The van der Waals surface area contributed by atoms with E-state index in [4.69, 9.17) is 4.74 Å². The van der Waals surface area contributed by atoms with Gasteiger partial charge in [0.1, 0.15) is 23.7 Å². The molecule has 0 saturated carbocycles. The van der Waals surface area contributed by atoms with Crippen molar-refractivity contribution in [2.24, 2.45) is 0 Å². The summed E-state index contributed by atoms with van der Waals surface area (Å²) in [7, 11) is 1.69. The second kappa shape index (κ2) is 8.39. The van der Waals surface area contributed by atoms with Crippen LogP contribution in [0.15, 0.2) is 54.9 Å². The average Bonchev–Trinajstić information content (AvgIpc) is 2.73. The molecule has 0 aliphatic carbocycles. The van der Waals surface area contributed by atoms with Gasteiger partial charge in [0.05, 0.1) is 7.11 Å². The number of aromatic nitrogens is 2. The first-order chi connectivity index (χ1) is 14.1. The molecule has 1 N–H and O–H groups in total. The number of piperazine rings is 1. The molecule has 3 aromatic rings. The highest BCUT2D eigenvalue weighted by Gasteiger charge is 2.19. The SMILES string of the molecule is COc1ccc(N2CCN(c3cc(Nc4cc(C)cc(C)c4)ncn3)CC2)cc1. The van der Waals surface area contributed by atoms with Gasteiger partial charge in [0.25, 0.3) is 0 Å². The van der Waals surface area contributed by atoms with E-state index in [2.05, 4.69) is 69.3 Å². The van der Waals surface area contributed by atoms with Crippen molar-refractivity contribution < 1.29 is 4.74 Å². The van der Waals surface area contributed by atoms with Crippen LogP contribution < -0.4 is 19.9 Å². The van der Waals surface area contributed by atoms with E-state index in [1.165, 1.54) is 16.8 Å². The highest BCUT2D eigenvalue weighted by molar-refractivity contribution is 5.61. The Morgan fingerprint density at radius 2 is 1.48 bits per heavy atom. The molecule has 0 bridgehead atoms. The third-order valence-electron chi connectivity index (χ3n) is 5.19. The zero-order valence-corrected chi connectivity index (χ0v) is 17.2. The van der Waals surface area contributed by atoms with Gasteiger partial charge in [-0.25, -0.2) is 9.97 Å². The van der Waals surface area contributed by atoms with Crippen LogP contribution >= 0.6 is 0 Å². The Hall–Kier alpha value is -3.28. The fraction of sp³-hybridized carbons (Fsp3) is 0.304. The molecule has 6 nitrogen and oxygen atoms in total. The van der Waals surface area contributed by atoms with Crippen molar-refractivity contribution in [1.82, 2.24) is 9.97 Å². The van der Waals surface area contributed by atoms with Crippen LogP contribution in [0.3, 0.4) is 0 Å². The van der Waals surface area contributed by atoms with Crippen molar-refractivity contribution in [3.05, 3.63) is 66.0 Å². The van der Waals surface area contributed by atoms with Crippen LogP contribution in [-0.2, 0) is 0 Å². The van der Waals surface area contributed by atoms with Gasteiger partial charge in [0, 0.05) is 43.6 Å². The summed E-state index contributed by atoms with van der Waals surface area (Å²) in [6, 6.07) is 16.7. The van der Waals surface area contributed by atoms with Gasteiger partial charge in [0.2, 0.25) is 0 Å². The Morgan fingerprint density at radius 3 is 2.14 bits per heavy atom. The zero-order valence-electron chi connectivity index (χ0n) is 17.2. The first-order valence-electron chi connectivity index (χ1n) is 9.92. The van der Waals surface area contributed by atoms with Crippen LogP contribution in [0.25, 0.3) is 0 Å². The molecule has 6 heteroatoms. The molecule has 2 aromatic carbocycles. The second-order valence-electron chi connectivity index (χ2n) is 7.43. The number of hydrogen-bond donors (Lipinski definition) is 1. The third-order valence-corrected chi connectivity index (χ3v) is 5.19. The van der Waals surface area contributed by atoms with E-state index in [0.717, 1.165) is 49.3 Å². The summed E-state index contributed by atoms with van der Waals surface area (Å²) in [5.74, 6) is 2.66. The van der Waals surface area contributed by atoms with Crippen LogP contribution in [0.4, 0.5) is 23.0 Å². The van der Waals surface area contributed by atoms with Gasteiger partial charge in [-0.3, -0.25) is 0 Å². The van der Waals surface area contributed by atoms with Crippen molar-refractivity contribution in [1.29, 1.82) is 0 Å². The highest BCUT2D eigenvalue weighted by atomic mass is 16.5. The van der Waals surface area contributed by atoms with E-state index >= 15 is 0 Å². The van der Waals surface area contributed by atoms with E-state index in [9.17, 15) is 0 Å². The molecule has 29 heavy (non-hydrogen) atoms. The number of aryl methyl sites for hydroxylation is 2. The first-order valence-corrected chi connectivity index (χ1v) is 9.92. The van der Waals surface area contributed by atoms with Crippen molar-refractivity contribution in [3.8, 4) is 5.75 Å². The van der Waals surface area contributed by atoms with E-state index in [-0.39, 0.29) is 0 Å². The minimum Gasteiger partial charge on any atom is -0.497 e. The number of ether oxygens (including phenoxy) is 1. The lowest BCUT2D eigenvalue weighted by Crippen LogP contribution is -2.46. The Bertz CT molecular complexity index is 945. The van der Waals surface area contributed by atoms with Crippen molar-refractivity contribution in [2.45, 2.75) is 13.8 Å². The summed E-state index contributed by atoms with van der Waals surface area (Å²) in [5, 5.41) is 3.41. The molecule has 1 saturated heterocycles. The summed E-state index contributed by atoms with van der Waals surface area (Å²) >= 11 is 0. The van der Waals surface area contributed by atoms with Crippen molar-refractivity contribution in [3.63, 3.8) is 0 Å². The summed E-state index contributed by atoms with van der Waals surface area (Å²) in [5.41, 5.74) is 4.75. The van der Waals surface area contributed by atoms with E-state index in [1.54, 1.807) is 13.4 Å². The number of benzene rings is 2. The molecule has 0 spiro atoms. The minimum absolute atomic E-state index is 0.817. The monoisotopic (exact) mass is 389 g/mol. The number of methoxy groups -OCH3 is 1. The lowest BCUT2D eigenvalue weighted by molar-refractivity contribution is 0.415. The van der Waals surface area contributed by atoms with Gasteiger partial charge in [-0.05, 0) is 61.4 Å². The summed E-state index contributed by atoms with van der Waals surface area (Å²) in [6.07, 6.45) is 1.64. The van der Waals surface area contributed by atoms with Gasteiger partial charge in [-0.1, -0.05) is 6.07 Å². The molecule has 1 aromatic heterocycles. The number of hydrogen-bond acceptors (Lipinski definition) is 6. The molecule has 0 radical (unpaired) electrons. The average molecular weight is 390 g/mol. The van der Waals surface area contributed by atoms with Crippen LogP contribution in [0, 0.1) is 13.8 Å². The molecular weight excluding hydrogens is 362 g/mol. The maximum absolute atomic E-state index is 5.25. The summed E-state index contributed by atoms with van der Waals surface area (Å²) < 4.78 is 5.25. The van der Waals surface area contributed by atoms with Gasteiger partial charge < -0.3 is 19.9 Å². The largest absolute Gasteiger partial charge is 0.497 e. The Balaban J connectivity index is 1.41. The second-order valence-corrected chi connectivity index (χ2v) is 7.43. The number of anilines is 4. The van der Waals surface area contributed by atoms with Crippen LogP contribution in [0.1, 0.15) is 11.1 Å². The van der Waals surface area contributed by atoms with Gasteiger partial charge in [-0.15, -0.1) is 0 Å². The molecule has 150 valence electrons. The predicted molar refractivity (Wildman–Crippen MR) is 119 cm³/mol. The number of nitrogens with one attached hydrogen (secondary N) is 1. The summed E-state index contributed by atoms with van der Waals surface area (Å²) in [6.45, 7) is 7.96. The lowest BCUT2D eigenvalue weighted by Gasteiger charge is -2.36. The molecule has 0 amide bonds. The molecule has 1 aliphatic heterocycles. The quantitative estimate of drug-likeness (QED) is 0.707. The maximum Gasteiger partial charge on any atom is 0.135 e.